The van der Waals surface area contributed by atoms with Crippen LogP contribution in [0.5, 0.6) is 0 Å². The van der Waals surface area contributed by atoms with Crippen LogP contribution in [0.3, 0.4) is 0 Å². The number of likely N-dealkylation sites (tertiary alicyclic amines) is 1. The SMILES string of the molecule is CCOC(=O)N1CC12CC(N1CCC3(CC1)CN(C(C)=O)c1ccc(C)cc13)CC2CC. The minimum absolute atomic E-state index is 0.0311. The molecule has 6 heteroatoms. The van der Waals surface area contributed by atoms with Crippen molar-refractivity contribution in [1.29, 1.82) is 0 Å². The van der Waals surface area contributed by atoms with Crippen LogP contribution >= 0.6 is 0 Å². The molecule has 1 saturated carbocycles. The monoisotopic (exact) mass is 439 g/mol. The Balaban J connectivity index is 1.29. The van der Waals surface area contributed by atoms with E-state index in [1.54, 1.807) is 6.92 Å². The summed E-state index contributed by atoms with van der Waals surface area (Å²) >= 11 is 0. The van der Waals surface area contributed by atoms with Crippen molar-refractivity contribution in [3.63, 3.8) is 0 Å². The van der Waals surface area contributed by atoms with E-state index in [2.05, 4.69) is 36.9 Å². The molecule has 4 aliphatic rings. The Labute approximate surface area is 191 Å². The lowest BCUT2D eigenvalue weighted by Crippen LogP contribution is -2.48. The molecule has 1 aromatic carbocycles. The molecule has 2 spiro atoms. The van der Waals surface area contributed by atoms with Gasteiger partial charge >= 0.3 is 6.09 Å². The van der Waals surface area contributed by atoms with E-state index in [1.807, 2.05) is 16.7 Å². The Morgan fingerprint density at radius 2 is 1.91 bits per heavy atom. The standard InChI is InChI=1S/C26H37N3O3/c1-5-20-14-21(15-26(20)17-29(26)24(31)32-6-2)27-11-9-25(10-12-27)16-28(19(4)30)23-8-7-18(3)13-22(23)25/h7-8,13,20-21H,5-6,9-12,14-17H2,1-4H3. The number of benzene rings is 1. The molecule has 6 nitrogen and oxygen atoms in total. The molecule has 174 valence electrons. The average molecular weight is 440 g/mol. The predicted molar refractivity (Wildman–Crippen MR) is 125 cm³/mol. The zero-order chi connectivity index (χ0) is 22.7. The molecule has 32 heavy (non-hydrogen) atoms. The zero-order valence-electron chi connectivity index (χ0n) is 20.0. The zero-order valence-corrected chi connectivity index (χ0v) is 20.0. The van der Waals surface area contributed by atoms with Crippen LogP contribution < -0.4 is 4.90 Å². The summed E-state index contributed by atoms with van der Waals surface area (Å²) < 4.78 is 5.30. The molecule has 3 atom stereocenters. The van der Waals surface area contributed by atoms with E-state index in [1.165, 1.54) is 17.5 Å². The van der Waals surface area contributed by atoms with Gasteiger partial charge in [0.2, 0.25) is 5.91 Å². The number of carbonyl (C=O) groups is 2. The molecule has 0 aromatic heterocycles. The van der Waals surface area contributed by atoms with Crippen molar-refractivity contribution >= 4 is 17.7 Å². The highest BCUT2D eigenvalue weighted by Gasteiger charge is 2.64. The van der Waals surface area contributed by atoms with E-state index in [-0.39, 0.29) is 23.0 Å². The maximum absolute atomic E-state index is 12.4. The molecule has 0 radical (unpaired) electrons. The van der Waals surface area contributed by atoms with E-state index < -0.39 is 0 Å². The summed E-state index contributed by atoms with van der Waals surface area (Å²) in [4.78, 5) is 31.4. The lowest BCUT2D eigenvalue weighted by Gasteiger charge is -2.42. The van der Waals surface area contributed by atoms with Gasteiger partial charge in [-0.15, -0.1) is 0 Å². The van der Waals surface area contributed by atoms with Gasteiger partial charge < -0.3 is 14.5 Å². The second-order valence-corrected chi connectivity index (χ2v) is 10.5. The van der Waals surface area contributed by atoms with E-state index in [0.29, 0.717) is 18.6 Å². The first-order valence-corrected chi connectivity index (χ1v) is 12.4. The number of piperidine rings is 1. The maximum Gasteiger partial charge on any atom is 0.410 e. The number of rotatable bonds is 3. The third-order valence-corrected chi connectivity index (χ3v) is 8.88. The maximum atomic E-state index is 12.4. The van der Waals surface area contributed by atoms with Crippen LogP contribution in [0, 0.1) is 12.8 Å². The number of carbonyl (C=O) groups excluding carboxylic acids is 2. The van der Waals surface area contributed by atoms with Gasteiger partial charge in [0.05, 0.1) is 12.1 Å². The van der Waals surface area contributed by atoms with Gasteiger partial charge in [0, 0.05) is 37.2 Å². The molecule has 0 bridgehead atoms. The highest BCUT2D eigenvalue weighted by atomic mass is 16.6. The van der Waals surface area contributed by atoms with Crippen LogP contribution in [0.2, 0.25) is 0 Å². The van der Waals surface area contributed by atoms with E-state index in [9.17, 15) is 9.59 Å². The number of ether oxygens (including phenoxy) is 1. The molecule has 1 aliphatic carbocycles. The van der Waals surface area contributed by atoms with Gasteiger partial charge in [-0.05, 0) is 70.2 Å². The summed E-state index contributed by atoms with van der Waals surface area (Å²) in [5.74, 6) is 0.710. The number of hydrogen-bond acceptors (Lipinski definition) is 4. The third-order valence-electron chi connectivity index (χ3n) is 8.88. The molecule has 5 rings (SSSR count). The van der Waals surface area contributed by atoms with Crippen molar-refractivity contribution in [2.24, 2.45) is 5.92 Å². The summed E-state index contributed by atoms with van der Waals surface area (Å²) in [6, 6.07) is 7.11. The average Bonchev–Trinajstić information content (AvgIpc) is 3.25. The van der Waals surface area contributed by atoms with Gasteiger partial charge in [0.25, 0.3) is 0 Å². The van der Waals surface area contributed by atoms with Crippen LogP contribution in [0.15, 0.2) is 18.2 Å². The minimum Gasteiger partial charge on any atom is -0.450 e. The molecule has 0 N–H and O–H groups in total. The first-order chi connectivity index (χ1) is 15.3. The molecule has 3 aliphatic heterocycles. The van der Waals surface area contributed by atoms with Crippen molar-refractivity contribution in [3.05, 3.63) is 29.3 Å². The summed E-state index contributed by atoms with van der Waals surface area (Å²) in [6.07, 6.45) is 5.42. The van der Waals surface area contributed by atoms with Crippen molar-refractivity contribution in [2.75, 3.05) is 37.7 Å². The number of amides is 2. The fourth-order valence-corrected chi connectivity index (χ4v) is 7.05. The first-order valence-electron chi connectivity index (χ1n) is 12.4. The highest BCUT2D eigenvalue weighted by molar-refractivity contribution is 5.94. The Bertz CT molecular complexity index is 923. The number of hydrogen-bond donors (Lipinski definition) is 0. The number of anilines is 1. The summed E-state index contributed by atoms with van der Waals surface area (Å²) in [7, 11) is 0. The van der Waals surface area contributed by atoms with Gasteiger partial charge in [-0.2, -0.15) is 0 Å². The second kappa shape index (κ2) is 7.75. The van der Waals surface area contributed by atoms with Crippen molar-refractivity contribution < 1.29 is 14.3 Å². The summed E-state index contributed by atoms with van der Waals surface area (Å²) in [5, 5.41) is 0. The topological polar surface area (TPSA) is 52.9 Å². The predicted octanol–water partition coefficient (Wildman–Crippen LogP) is 4.09. The highest BCUT2D eigenvalue weighted by Crippen LogP contribution is 2.55. The van der Waals surface area contributed by atoms with Gasteiger partial charge in [-0.3, -0.25) is 9.69 Å². The molecular formula is C26H37N3O3. The second-order valence-electron chi connectivity index (χ2n) is 10.5. The molecule has 1 aromatic rings. The van der Waals surface area contributed by atoms with Crippen LogP contribution in [0.25, 0.3) is 0 Å². The lowest BCUT2D eigenvalue weighted by molar-refractivity contribution is -0.116. The smallest absolute Gasteiger partial charge is 0.410 e. The largest absolute Gasteiger partial charge is 0.450 e. The van der Waals surface area contributed by atoms with Crippen LogP contribution in [-0.4, -0.2) is 66.2 Å². The van der Waals surface area contributed by atoms with E-state index in [0.717, 1.165) is 57.5 Å². The Morgan fingerprint density at radius 1 is 1.16 bits per heavy atom. The Kier molecular flexibility index (Phi) is 5.27. The van der Waals surface area contributed by atoms with Gasteiger partial charge in [-0.25, -0.2) is 4.79 Å². The molecule has 3 heterocycles. The molecule has 2 amide bonds. The van der Waals surface area contributed by atoms with Gasteiger partial charge in [0.15, 0.2) is 0 Å². The minimum atomic E-state index is -0.133. The first kappa shape index (κ1) is 21.7. The number of fused-ring (bicyclic) bond motifs is 2. The van der Waals surface area contributed by atoms with E-state index in [4.69, 9.17) is 4.74 Å². The Morgan fingerprint density at radius 3 is 2.56 bits per heavy atom. The van der Waals surface area contributed by atoms with Crippen molar-refractivity contribution in [3.8, 4) is 0 Å². The van der Waals surface area contributed by atoms with Crippen molar-refractivity contribution in [1.82, 2.24) is 9.80 Å². The summed E-state index contributed by atoms with van der Waals surface area (Å²) in [6.45, 7) is 12.2. The third kappa shape index (κ3) is 3.25. The fraction of sp³-hybridized carbons (Fsp3) is 0.692. The van der Waals surface area contributed by atoms with Crippen LogP contribution in [0.4, 0.5) is 10.5 Å². The quantitative estimate of drug-likeness (QED) is 0.666. The van der Waals surface area contributed by atoms with Crippen LogP contribution in [-0.2, 0) is 14.9 Å². The van der Waals surface area contributed by atoms with Gasteiger partial charge in [0.1, 0.15) is 0 Å². The van der Waals surface area contributed by atoms with Crippen LogP contribution in [0.1, 0.15) is 64.0 Å². The Hall–Kier alpha value is -2.08. The molecule has 3 fully saturated rings. The molecule has 3 unspecified atom stereocenters. The van der Waals surface area contributed by atoms with Gasteiger partial charge in [-0.1, -0.05) is 31.0 Å². The fourth-order valence-electron chi connectivity index (χ4n) is 7.05. The molecular weight excluding hydrogens is 402 g/mol. The number of nitrogens with zero attached hydrogens (tertiary/aromatic N) is 3. The lowest BCUT2D eigenvalue weighted by atomic mass is 9.73. The van der Waals surface area contributed by atoms with Crippen molar-refractivity contribution in [2.45, 2.75) is 76.8 Å². The molecule has 2 saturated heterocycles. The van der Waals surface area contributed by atoms with E-state index >= 15 is 0 Å². The normalized spacial score (nSPS) is 30.8. The number of aryl methyl sites for hydroxylation is 1. The summed E-state index contributed by atoms with van der Waals surface area (Å²) in [5.41, 5.74) is 3.87.